The Morgan fingerprint density at radius 2 is 2.11 bits per heavy atom. The van der Waals surface area contributed by atoms with Crippen molar-refractivity contribution in [1.29, 1.82) is 0 Å². The standard InChI is InChI=1S/C14H20ClNO3/c1-10(2)9-19-16-8-11-6-12(15)14-13(7-11)17-4-3-5-18-14/h6-7,10,16H,3-5,8-9H2,1-2H3. The van der Waals surface area contributed by atoms with E-state index in [1.807, 2.05) is 12.1 Å². The van der Waals surface area contributed by atoms with E-state index in [1.54, 1.807) is 0 Å². The zero-order valence-electron chi connectivity index (χ0n) is 11.4. The van der Waals surface area contributed by atoms with Crippen molar-refractivity contribution in [1.82, 2.24) is 5.48 Å². The van der Waals surface area contributed by atoms with E-state index in [2.05, 4.69) is 19.3 Å². The summed E-state index contributed by atoms with van der Waals surface area (Å²) in [6.07, 6.45) is 0.871. The average Bonchev–Trinajstić information content (AvgIpc) is 2.60. The van der Waals surface area contributed by atoms with Gasteiger partial charge >= 0.3 is 0 Å². The molecule has 0 radical (unpaired) electrons. The van der Waals surface area contributed by atoms with Crippen LogP contribution in [0.15, 0.2) is 12.1 Å². The van der Waals surface area contributed by atoms with Gasteiger partial charge in [0, 0.05) is 13.0 Å². The second kappa shape index (κ2) is 6.98. The lowest BCUT2D eigenvalue weighted by molar-refractivity contribution is 0.0196. The largest absolute Gasteiger partial charge is 0.489 e. The molecular weight excluding hydrogens is 266 g/mol. The smallest absolute Gasteiger partial charge is 0.179 e. The van der Waals surface area contributed by atoms with Crippen LogP contribution in [0.3, 0.4) is 0 Å². The van der Waals surface area contributed by atoms with Gasteiger partial charge in [0.05, 0.1) is 24.8 Å². The van der Waals surface area contributed by atoms with Crippen molar-refractivity contribution in [2.75, 3.05) is 19.8 Å². The fourth-order valence-corrected chi connectivity index (χ4v) is 2.03. The monoisotopic (exact) mass is 285 g/mol. The van der Waals surface area contributed by atoms with Gasteiger partial charge in [-0.05, 0) is 23.6 Å². The molecular formula is C14H20ClNO3. The molecule has 0 spiro atoms. The maximum Gasteiger partial charge on any atom is 0.179 e. The number of hydroxylamine groups is 1. The van der Waals surface area contributed by atoms with Crippen molar-refractivity contribution in [3.8, 4) is 11.5 Å². The van der Waals surface area contributed by atoms with Gasteiger partial charge < -0.3 is 14.3 Å². The maximum absolute atomic E-state index is 6.21. The molecule has 1 heterocycles. The Kier molecular flexibility index (Phi) is 5.31. The predicted molar refractivity (Wildman–Crippen MR) is 74.7 cm³/mol. The molecule has 0 aliphatic carbocycles. The fourth-order valence-electron chi connectivity index (χ4n) is 1.75. The van der Waals surface area contributed by atoms with Gasteiger partial charge in [-0.1, -0.05) is 25.4 Å². The first-order valence-electron chi connectivity index (χ1n) is 6.59. The third-order valence-electron chi connectivity index (χ3n) is 2.66. The summed E-state index contributed by atoms with van der Waals surface area (Å²) in [6.45, 7) is 6.77. The number of hydrogen-bond donors (Lipinski definition) is 1. The number of ether oxygens (including phenoxy) is 2. The van der Waals surface area contributed by atoms with Crippen molar-refractivity contribution in [2.45, 2.75) is 26.8 Å². The summed E-state index contributed by atoms with van der Waals surface area (Å²) in [5.74, 6) is 1.86. The molecule has 0 aromatic heterocycles. The van der Waals surface area contributed by atoms with Crippen LogP contribution in [-0.2, 0) is 11.4 Å². The first-order chi connectivity index (χ1) is 9.16. The molecule has 4 nitrogen and oxygen atoms in total. The zero-order chi connectivity index (χ0) is 13.7. The highest BCUT2D eigenvalue weighted by molar-refractivity contribution is 6.32. The van der Waals surface area contributed by atoms with Crippen LogP contribution < -0.4 is 15.0 Å². The fraction of sp³-hybridized carbons (Fsp3) is 0.571. The van der Waals surface area contributed by atoms with Crippen LogP contribution >= 0.6 is 11.6 Å². The van der Waals surface area contributed by atoms with Gasteiger partial charge in [0.2, 0.25) is 0 Å². The van der Waals surface area contributed by atoms with Gasteiger partial charge in [-0.15, -0.1) is 0 Å². The van der Waals surface area contributed by atoms with Crippen LogP contribution in [0, 0.1) is 5.92 Å². The summed E-state index contributed by atoms with van der Waals surface area (Å²) in [6, 6.07) is 3.82. The minimum atomic E-state index is 0.500. The summed E-state index contributed by atoms with van der Waals surface area (Å²) >= 11 is 6.21. The number of rotatable bonds is 5. The summed E-state index contributed by atoms with van der Waals surface area (Å²) in [4.78, 5) is 5.34. The van der Waals surface area contributed by atoms with Crippen molar-refractivity contribution >= 4 is 11.6 Å². The lowest BCUT2D eigenvalue weighted by Crippen LogP contribution is -2.17. The lowest BCUT2D eigenvalue weighted by atomic mass is 10.2. The number of benzene rings is 1. The molecule has 106 valence electrons. The molecule has 0 amide bonds. The third-order valence-corrected chi connectivity index (χ3v) is 2.94. The topological polar surface area (TPSA) is 39.7 Å². The Balaban J connectivity index is 1.98. The molecule has 5 heteroatoms. The van der Waals surface area contributed by atoms with Crippen molar-refractivity contribution in [3.63, 3.8) is 0 Å². The highest BCUT2D eigenvalue weighted by atomic mass is 35.5. The zero-order valence-corrected chi connectivity index (χ0v) is 12.1. The molecule has 1 N–H and O–H groups in total. The van der Waals surface area contributed by atoms with Crippen LogP contribution in [-0.4, -0.2) is 19.8 Å². The number of fused-ring (bicyclic) bond motifs is 1. The molecule has 1 aliphatic heterocycles. The van der Waals surface area contributed by atoms with Gasteiger partial charge in [-0.2, -0.15) is 5.48 Å². The SMILES string of the molecule is CC(C)CONCc1cc(Cl)c2c(c1)OCCCO2. The highest BCUT2D eigenvalue weighted by Gasteiger charge is 2.15. The minimum absolute atomic E-state index is 0.500. The predicted octanol–water partition coefficient (Wildman–Crippen LogP) is 3.18. The number of hydrogen-bond acceptors (Lipinski definition) is 4. The first-order valence-corrected chi connectivity index (χ1v) is 6.97. The van der Waals surface area contributed by atoms with E-state index >= 15 is 0 Å². The van der Waals surface area contributed by atoms with E-state index in [0.29, 0.717) is 48.8 Å². The van der Waals surface area contributed by atoms with E-state index in [4.69, 9.17) is 25.9 Å². The molecule has 1 aromatic rings. The average molecular weight is 286 g/mol. The normalized spacial score (nSPS) is 14.5. The van der Waals surface area contributed by atoms with Gasteiger partial charge in [-0.25, -0.2) is 0 Å². The van der Waals surface area contributed by atoms with Crippen LogP contribution in [0.5, 0.6) is 11.5 Å². The molecule has 19 heavy (non-hydrogen) atoms. The first kappa shape index (κ1) is 14.4. The number of halogens is 1. The summed E-state index contributed by atoms with van der Waals surface area (Å²) in [5.41, 5.74) is 3.94. The van der Waals surface area contributed by atoms with Crippen LogP contribution in [0.25, 0.3) is 0 Å². The Hall–Kier alpha value is -0.970. The van der Waals surface area contributed by atoms with E-state index in [-0.39, 0.29) is 0 Å². The van der Waals surface area contributed by atoms with Gasteiger partial charge in [0.25, 0.3) is 0 Å². The molecule has 0 atom stereocenters. The van der Waals surface area contributed by atoms with Gasteiger partial charge in [-0.3, -0.25) is 0 Å². The third kappa shape index (κ3) is 4.27. The van der Waals surface area contributed by atoms with Crippen molar-refractivity contribution in [2.24, 2.45) is 5.92 Å². The summed E-state index contributed by atoms with van der Waals surface area (Å²) < 4.78 is 11.2. The molecule has 1 aromatic carbocycles. The molecule has 0 saturated carbocycles. The Bertz CT molecular complexity index is 423. The lowest BCUT2D eigenvalue weighted by Gasteiger charge is -2.12. The van der Waals surface area contributed by atoms with E-state index < -0.39 is 0 Å². The Morgan fingerprint density at radius 1 is 1.32 bits per heavy atom. The molecule has 0 saturated heterocycles. The molecule has 0 bridgehead atoms. The Morgan fingerprint density at radius 3 is 2.89 bits per heavy atom. The second-order valence-corrected chi connectivity index (χ2v) is 5.39. The summed E-state index contributed by atoms with van der Waals surface area (Å²) in [7, 11) is 0. The minimum Gasteiger partial charge on any atom is -0.489 e. The van der Waals surface area contributed by atoms with Gasteiger partial charge in [0.1, 0.15) is 0 Å². The van der Waals surface area contributed by atoms with Crippen LogP contribution in [0.2, 0.25) is 5.02 Å². The highest BCUT2D eigenvalue weighted by Crippen LogP contribution is 2.37. The second-order valence-electron chi connectivity index (χ2n) is 4.98. The molecule has 0 unspecified atom stereocenters. The van der Waals surface area contributed by atoms with E-state index in [1.165, 1.54) is 0 Å². The van der Waals surface area contributed by atoms with Gasteiger partial charge in [0.15, 0.2) is 11.5 Å². The molecule has 0 fully saturated rings. The maximum atomic E-state index is 6.21. The van der Waals surface area contributed by atoms with Crippen LogP contribution in [0.4, 0.5) is 0 Å². The number of nitrogens with one attached hydrogen (secondary N) is 1. The quantitative estimate of drug-likeness (QED) is 0.666. The van der Waals surface area contributed by atoms with Crippen LogP contribution in [0.1, 0.15) is 25.8 Å². The Labute approximate surface area is 118 Å². The van der Waals surface area contributed by atoms with Crippen molar-refractivity contribution < 1.29 is 14.3 Å². The van der Waals surface area contributed by atoms with Crippen molar-refractivity contribution in [3.05, 3.63) is 22.7 Å². The van der Waals surface area contributed by atoms with E-state index in [9.17, 15) is 0 Å². The summed E-state index contributed by atoms with van der Waals surface area (Å²) in [5, 5.41) is 0.583. The molecule has 1 aliphatic rings. The molecule has 2 rings (SSSR count). The van der Waals surface area contributed by atoms with E-state index in [0.717, 1.165) is 12.0 Å².